The fourth-order valence-electron chi connectivity index (χ4n) is 5.44. The molecule has 0 aliphatic carbocycles. The Labute approximate surface area is 248 Å². The van der Waals surface area contributed by atoms with E-state index in [-0.39, 0.29) is 28.0 Å². The molecule has 3 aromatic rings. The van der Waals surface area contributed by atoms with Crippen molar-refractivity contribution in [1.29, 1.82) is 0 Å². The quantitative estimate of drug-likeness (QED) is 0.162. The van der Waals surface area contributed by atoms with Gasteiger partial charge in [-0.15, -0.1) is 0 Å². The number of benzene rings is 2. The second-order valence-corrected chi connectivity index (χ2v) is 10.7. The van der Waals surface area contributed by atoms with Crippen LogP contribution < -0.4 is 5.43 Å². The van der Waals surface area contributed by atoms with Gasteiger partial charge in [0.1, 0.15) is 71.1 Å². The highest BCUT2D eigenvalue weighted by Gasteiger charge is 2.52. The van der Waals surface area contributed by atoms with Crippen LogP contribution in [0.3, 0.4) is 0 Å². The molecule has 0 saturated carbocycles. The average molecular weight is 621 g/mol. The van der Waals surface area contributed by atoms with E-state index in [4.69, 9.17) is 23.4 Å². The van der Waals surface area contributed by atoms with Crippen LogP contribution in [0.4, 0.5) is 0 Å². The summed E-state index contributed by atoms with van der Waals surface area (Å²) in [5.74, 6) is -2.32. The molecule has 2 fully saturated rings. The van der Waals surface area contributed by atoms with E-state index in [2.05, 4.69) is 0 Å². The summed E-state index contributed by atoms with van der Waals surface area (Å²) in [5.41, 5.74) is -1.10. The lowest BCUT2D eigenvalue weighted by molar-refractivity contribution is -0.338. The minimum Gasteiger partial charge on any atom is -0.508 e. The molecule has 15 nitrogen and oxygen atoms in total. The molecule has 0 radical (unpaired) electrons. The number of hydrogen-bond acceptors (Lipinski definition) is 15. The van der Waals surface area contributed by atoms with Crippen LogP contribution in [0.5, 0.6) is 17.2 Å². The predicted octanol–water partition coefficient (Wildman–Crippen LogP) is -0.486. The lowest BCUT2D eigenvalue weighted by Crippen LogP contribution is -2.62. The molecular formula is C29H32O15. The molecule has 238 valence electrons. The van der Waals surface area contributed by atoms with E-state index in [0.717, 1.165) is 19.1 Å². The Morgan fingerprint density at radius 3 is 2.20 bits per heavy atom. The molecule has 0 bridgehead atoms. The number of aliphatic hydroxyl groups is 5. The SMILES string of the molecule is CC(=O)O[C@@H]1[C@@H](O)[C@H](O[C@@H]2O[C@@H](C)[C@H](O)[C@@H](O)[C@@H]2O)[C@@H](CO)O[C@H]1c1c(O)cc(O)c2c(=O)cc(-c3ccc(O)cc3)oc12. The summed E-state index contributed by atoms with van der Waals surface area (Å²) in [6.07, 6.45) is -15.7. The second kappa shape index (κ2) is 12.3. The largest absolute Gasteiger partial charge is 0.508 e. The minimum absolute atomic E-state index is 0.0348. The van der Waals surface area contributed by atoms with Crippen molar-refractivity contribution in [3.63, 3.8) is 0 Å². The van der Waals surface area contributed by atoms with Crippen LogP contribution in [0.1, 0.15) is 25.5 Å². The molecule has 8 N–H and O–H groups in total. The number of aromatic hydroxyl groups is 3. The van der Waals surface area contributed by atoms with Crippen molar-refractivity contribution in [2.24, 2.45) is 0 Å². The standard InChI is InChI=1S/C29H32O15/c1-10-21(36)22(37)23(38)29(40-10)44-25-18(9-30)43-27(28(24(25)39)41-11(2)31)20-15(34)7-14(33)19-16(35)8-17(42-26(19)20)12-3-5-13(32)6-4-12/h3-8,10,18,21-25,27-30,32-34,36-39H,9H2,1-2H3/t10-,18+,21-,22+,23-,24-,25+,27-,28+,29-/m0/s1. The van der Waals surface area contributed by atoms with Gasteiger partial charge in [0.25, 0.3) is 0 Å². The zero-order valence-corrected chi connectivity index (χ0v) is 23.4. The zero-order valence-electron chi connectivity index (χ0n) is 23.4. The number of phenols is 3. The monoisotopic (exact) mass is 620 g/mol. The third-order valence-electron chi connectivity index (χ3n) is 7.68. The Morgan fingerprint density at radius 1 is 0.886 bits per heavy atom. The third kappa shape index (κ3) is 5.71. The molecule has 0 unspecified atom stereocenters. The fraction of sp³-hybridized carbons (Fsp3) is 0.448. The molecule has 10 atom stereocenters. The number of esters is 1. The number of carbonyl (C=O) groups is 1. The molecule has 0 amide bonds. The third-order valence-corrected chi connectivity index (χ3v) is 7.68. The van der Waals surface area contributed by atoms with Gasteiger partial charge in [-0.25, -0.2) is 0 Å². The lowest BCUT2D eigenvalue weighted by atomic mass is 9.89. The Bertz CT molecular complexity index is 1570. The smallest absolute Gasteiger partial charge is 0.303 e. The van der Waals surface area contributed by atoms with Crippen molar-refractivity contribution < 1.29 is 69.0 Å². The van der Waals surface area contributed by atoms with E-state index in [9.17, 15) is 50.4 Å². The lowest BCUT2D eigenvalue weighted by Gasteiger charge is -2.46. The van der Waals surface area contributed by atoms with Gasteiger partial charge in [-0.2, -0.15) is 0 Å². The number of rotatable bonds is 6. The average Bonchev–Trinajstić information content (AvgIpc) is 2.97. The Hall–Kier alpha value is -3.80. The number of fused-ring (bicyclic) bond motifs is 1. The van der Waals surface area contributed by atoms with Gasteiger partial charge in [0, 0.05) is 24.6 Å². The van der Waals surface area contributed by atoms with E-state index in [1.165, 1.54) is 31.2 Å². The van der Waals surface area contributed by atoms with Crippen molar-refractivity contribution in [3.8, 4) is 28.6 Å². The molecule has 2 saturated heterocycles. The summed E-state index contributed by atoms with van der Waals surface area (Å²) in [4.78, 5) is 25.3. The van der Waals surface area contributed by atoms with Crippen LogP contribution in [0.15, 0.2) is 45.6 Å². The molecule has 3 heterocycles. The highest BCUT2D eigenvalue weighted by molar-refractivity contribution is 5.89. The maximum Gasteiger partial charge on any atom is 0.303 e. The predicted molar refractivity (Wildman–Crippen MR) is 146 cm³/mol. The van der Waals surface area contributed by atoms with Crippen molar-refractivity contribution in [3.05, 3.63) is 52.2 Å². The maximum absolute atomic E-state index is 13.2. The molecular weight excluding hydrogens is 588 g/mol. The Balaban J connectivity index is 1.60. The van der Waals surface area contributed by atoms with Crippen LogP contribution in [-0.4, -0.2) is 109 Å². The van der Waals surface area contributed by atoms with Gasteiger partial charge in [-0.05, 0) is 31.2 Å². The Kier molecular flexibility index (Phi) is 8.84. The summed E-state index contributed by atoms with van der Waals surface area (Å²) in [5, 5.41) is 83.2. The topological polar surface area (TPSA) is 246 Å². The van der Waals surface area contributed by atoms with Crippen molar-refractivity contribution >= 4 is 16.9 Å². The van der Waals surface area contributed by atoms with Gasteiger partial charge in [-0.3, -0.25) is 9.59 Å². The number of aliphatic hydroxyl groups excluding tert-OH is 5. The van der Waals surface area contributed by atoms with Gasteiger partial charge in [0.15, 0.2) is 23.4 Å². The first-order valence-corrected chi connectivity index (χ1v) is 13.6. The second-order valence-electron chi connectivity index (χ2n) is 10.7. The minimum atomic E-state index is -1.85. The summed E-state index contributed by atoms with van der Waals surface area (Å²) in [7, 11) is 0. The molecule has 2 aliphatic heterocycles. The highest BCUT2D eigenvalue weighted by Crippen LogP contribution is 2.45. The molecule has 0 spiro atoms. The molecule has 1 aromatic heterocycles. The summed E-state index contributed by atoms with van der Waals surface area (Å²) < 4.78 is 28.5. The molecule has 5 rings (SSSR count). The van der Waals surface area contributed by atoms with Crippen LogP contribution in [0.2, 0.25) is 0 Å². The zero-order chi connectivity index (χ0) is 32.0. The van der Waals surface area contributed by atoms with Gasteiger partial charge >= 0.3 is 5.97 Å². The molecule has 2 aromatic carbocycles. The van der Waals surface area contributed by atoms with E-state index in [1.54, 1.807) is 0 Å². The van der Waals surface area contributed by atoms with Crippen LogP contribution in [0, 0.1) is 0 Å². The van der Waals surface area contributed by atoms with Crippen LogP contribution >= 0.6 is 0 Å². The fourth-order valence-corrected chi connectivity index (χ4v) is 5.44. The first-order valence-electron chi connectivity index (χ1n) is 13.6. The molecule has 44 heavy (non-hydrogen) atoms. The van der Waals surface area contributed by atoms with Crippen LogP contribution in [0.25, 0.3) is 22.3 Å². The number of phenolic OH excluding ortho intramolecular Hbond substituents is 3. The van der Waals surface area contributed by atoms with E-state index in [1.807, 2.05) is 0 Å². The number of hydrogen-bond donors (Lipinski definition) is 8. The highest BCUT2D eigenvalue weighted by atomic mass is 16.7. The summed E-state index contributed by atoms with van der Waals surface area (Å²) >= 11 is 0. The van der Waals surface area contributed by atoms with E-state index in [0.29, 0.717) is 5.56 Å². The maximum atomic E-state index is 13.2. The van der Waals surface area contributed by atoms with Gasteiger partial charge in [-0.1, -0.05) is 0 Å². The number of carbonyl (C=O) groups excluding carboxylic acids is 1. The van der Waals surface area contributed by atoms with E-state index < -0.39 is 90.7 Å². The van der Waals surface area contributed by atoms with Gasteiger partial charge < -0.3 is 64.2 Å². The van der Waals surface area contributed by atoms with E-state index >= 15 is 0 Å². The van der Waals surface area contributed by atoms with Crippen molar-refractivity contribution in [2.45, 2.75) is 75.1 Å². The van der Waals surface area contributed by atoms with Crippen LogP contribution in [-0.2, 0) is 23.7 Å². The van der Waals surface area contributed by atoms with Crippen molar-refractivity contribution in [1.82, 2.24) is 0 Å². The Morgan fingerprint density at radius 2 is 1.57 bits per heavy atom. The van der Waals surface area contributed by atoms with Gasteiger partial charge in [0.2, 0.25) is 0 Å². The first-order chi connectivity index (χ1) is 20.8. The summed E-state index contributed by atoms with van der Waals surface area (Å²) in [6.45, 7) is 1.61. The first kappa shape index (κ1) is 31.6. The normalized spacial score (nSPS) is 32.4. The number of ether oxygens (including phenoxy) is 4. The summed E-state index contributed by atoms with van der Waals surface area (Å²) in [6, 6.07) is 7.51. The van der Waals surface area contributed by atoms with Crippen molar-refractivity contribution in [2.75, 3.05) is 6.61 Å². The molecule has 15 heteroatoms. The molecule has 2 aliphatic rings. The van der Waals surface area contributed by atoms with Gasteiger partial charge in [0.05, 0.1) is 18.3 Å².